The van der Waals surface area contributed by atoms with Crippen molar-refractivity contribution in [2.45, 2.75) is 12.5 Å². The Morgan fingerprint density at radius 1 is 1.18 bits per heavy atom. The van der Waals surface area contributed by atoms with Crippen LogP contribution >= 0.6 is 28.3 Å². The molecule has 17 heavy (non-hydrogen) atoms. The van der Waals surface area contributed by atoms with Crippen LogP contribution in [-0.4, -0.2) is 20.6 Å². The molecule has 0 radical (unpaired) electrons. The molecule has 0 heterocycles. The van der Waals surface area contributed by atoms with Crippen molar-refractivity contribution in [1.82, 2.24) is 0 Å². The van der Waals surface area contributed by atoms with E-state index >= 15 is 0 Å². The standard InChI is InChI=1S/C10H12BrF2NO2.ClH/c1-15-7-4-6(11)8(16-2)3-5(7)9(14)10(12)13;/h3-4,9-10H,14H2,1-2H3;1H/t9-;/m1./s1. The second-order valence-electron chi connectivity index (χ2n) is 3.09. The fourth-order valence-corrected chi connectivity index (χ4v) is 1.76. The molecule has 0 saturated heterocycles. The first-order valence-electron chi connectivity index (χ1n) is 4.46. The molecule has 0 aliphatic heterocycles. The van der Waals surface area contributed by atoms with Gasteiger partial charge in [-0.25, -0.2) is 8.78 Å². The number of rotatable bonds is 4. The van der Waals surface area contributed by atoms with Crippen molar-refractivity contribution in [3.8, 4) is 11.5 Å². The van der Waals surface area contributed by atoms with Crippen molar-refractivity contribution >= 4 is 28.3 Å². The summed E-state index contributed by atoms with van der Waals surface area (Å²) in [5, 5.41) is 0. The van der Waals surface area contributed by atoms with E-state index in [9.17, 15) is 8.78 Å². The highest BCUT2D eigenvalue weighted by Gasteiger charge is 2.23. The van der Waals surface area contributed by atoms with Gasteiger partial charge in [0.1, 0.15) is 11.5 Å². The van der Waals surface area contributed by atoms with E-state index in [1.165, 1.54) is 20.3 Å². The Morgan fingerprint density at radius 3 is 2.12 bits per heavy atom. The average molecular weight is 333 g/mol. The molecule has 0 spiro atoms. The van der Waals surface area contributed by atoms with Crippen molar-refractivity contribution < 1.29 is 18.3 Å². The average Bonchev–Trinajstić information content (AvgIpc) is 2.27. The molecule has 1 atom stereocenters. The molecule has 0 saturated carbocycles. The third-order valence-corrected chi connectivity index (χ3v) is 2.75. The molecule has 0 amide bonds. The van der Waals surface area contributed by atoms with Crippen LogP contribution in [-0.2, 0) is 0 Å². The highest BCUT2D eigenvalue weighted by Crippen LogP contribution is 2.36. The lowest BCUT2D eigenvalue weighted by molar-refractivity contribution is 0.115. The molecule has 0 aliphatic carbocycles. The van der Waals surface area contributed by atoms with Gasteiger partial charge in [0, 0.05) is 5.56 Å². The van der Waals surface area contributed by atoms with Crippen LogP contribution in [0.25, 0.3) is 0 Å². The number of halogens is 4. The molecular formula is C10H13BrClF2NO2. The van der Waals surface area contributed by atoms with Gasteiger partial charge >= 0.3 is 0 Å². The fraction of sp³-hybridized carbons (Fsp3) is 0.400. The summed E-state index contributed by atoms with van der Waals surface area (Å²) in [6, 6.07) is 1.60. The maximum Gasteiger partial charge on any atom is 0.257 e. The summed E-state index contributed by atoms with van der Waals surface area (Å²) in [4.78, 5) is 0. The summed E-state index contributed by atoms with van der Waals surface area (Å²) in [5.74, 6) is 0.743. The van der Waals surface area contributed by atoms with E-state index in [1.54, 1.807) is 6.07 Å². The predicted octanol–water partition coefficient (Wildman–Crippen LogP) is 3.15. The monoisotopic (exact) mass is 331 g/mol. The highest BCUT2D eigenvalue weighted by atomic mass is 79.9. The first kappa shape index (κ1) is 16.4. The van der Waals surface area contributed by atoms with Gasteiger partial charge in [-0.3, -0.25) is 0 Å². The second-order valence-corrected chi connectivity index (χ2v) is 3.94. The zero-order valence-corrected chi connectivity index (χ0v) is 11.6. The zero-order chi connectivity index (χ0) is 12.3. The summed E-state index contributed by atoms with van der Waals surface area (Å²) in [6.45, 7) is 0. The number of alkyl halides is 2. The van der Waals surface area contributed by atoms with Crippen LogP contribution in [0.4, 0.5) is 8.78 Å². The summed E-state index contributed by atoms with van der Waals surface area (Å²) in [7, 11) is 2.85. The van der Waals surface area contributed by atoms with Crippen molar-refractivity contribution in [1.29, 1.82) is 0 Å². The molecule has 2 N–H and O–H groups in total. The molecule has 7 heteroatoms. The summed E-state index contributed by atoms with van der Waals surface area (Å²) >= 11 is 3.24. The van der Waals surface area contributed by atoms with Crippen LogP contribution in [0, 0.1) is 0 Å². The summed E-state index contributed by atoms with van der Waals surface area (Å²) in [5.41, 5.74) is 5.61. The van der Waals surface area contributed by atoms with E-state index in [1.807, 2.05) is 0 Å². The number of methoxy groups -OCH3 is 2. The zero-order valence-electron chi connectivity index (χ0n) is 9.25. The van der Waals surface area contributed by atoms with E-state index in [0.29, 0.717) is 16.0 Å². The molecule has 1 aromatic rings. The van der Waals surface area contributed by atoms with Crippen molar-refractivity contribution in [2.75, 3.05) is 14.2 Å². The maximum atomic E-state index is 12.5. The van der Waals surface area contributed by atoms with Crippen LogP contribution in [0.15, 0.2) is 16.6 Å². The van der Waals surface area contributed by atoms with Gasteiger partial charge in [0.2, 0.25) is 0 Å². The van der Waals surface area contributed by atoms with Gasteiger partial charge < -0.3 is 15.2 Å². The van der Waals surface area contributed by atoms with Crippen LogP contribution < -0.4 is 15.2 Å². The van der Waals surface area contributed by atoms with Gasteiger partial charge in [-0.2, -0.15) is 0 Å². The lowest BCUT2D eigenvalue weighted by Crippen LogP contribution is -2.19. The molecular weight excluding hydrogens is 319 g/mol. The highest BCUT2D eigenvalue weighted by molar-refractivity contribution is 9.10. The SMILES string of the molecule is COc1cc([C@@H](N)C(F)F)c(OC)cc1Br.Cl. The summed E-state index contributed by atoms with van der Waals surface area (Å²) < 4.78 is 35.7. The lowest BCUT2D eigenvalue weighted by atomic mass is 10.1. The minimum atomic E-state index is -2.65. The Labute approximate surface area is 113 Å². The topological polar surface area (TPSA) is 44.5 Å². The Bertz CT molecular complexity index is 380. The van der Waals surface area contributed by atoms with Crippen LogP contribution in [0.2, 0.25) is 0 Å². The lowest BCUT2D eigenvalue weighted by Gasteiger charge is -2.17. The third kappa shape index (κ3) is 3.69. The molecule has 0 aromatic heterocycles. The normalized spacial score (nSPS) is 11.9. The van der Waals surface area contributed by atoms with Crippen molar-refractivity contribution in [2.24, 2.45) is 5.73 Å². The summed E-state index contributed by atoms with van der Waals surface area (Å²) in [6.07, 6.45) is -2.65. The molecule has 1 aromatic carbocycles. The number of hydrogen-bond donors (Lipinski definition) is 1. The molecule has 0 unspecified atom stereocenters. The van der Waals surface area contributed by atoms with E-state index in [-0.39, 0.29) is 18.0 Å². The maximum absolute atomic E-state index is 12.5. The minimum absolute atomic E-state index is 0. The Hall–Kier alpha value is -0.590. The molecule has 0 bridgehead atoms. The van der Waals surface area contributed by atoms with Gasteiger partial charge in [-0.05, 0) is 28.1 Å². The van der Waals surface area contributed by atoms with Gasteiger partial charge in [0.05, 0.1) is 24.7 Å². The number of hydrogen-bond acceptors (Lipinski definition) is 3. The van der Waals surface area contributed by atoms with Crippen LogP contribution in [0.5, 0.6) is 11.5 Å². The van der Waals surface area contributed by atoms with Crippen molar-refractivity contribution in [3.63, 3.8) is 0 Å². The largest absolute Gasteiger partial charge is 0.496 e. The number of benzene rings is 1. The molecule has 0 aliphatic rings. The van der Waals surface area contributed by atoms with E-state index in [2.05, 4.69) is 15.9 Å². The van der Waals surface area contributed by atoms with Gasteiger partial charge in [-0.15, -0.1) is 12.4 Å². The van der Waals surface area contributed by atoms with E-state index in [4.69, 9.17) is 15.2 Å². The van der Waals surface area contributed by atoms with Crippen LogP contribution in [0.3, 0.4) is 0 Å². The van der Waals surface area contributed by atoms with Gasteiger partial charge in [0.15, 0.2) is 0 Å². The van der Waals surface area contributed by atoms with Crippen LogP contribution in [0.1, 0.15) is 11.6 Å². The Kier molecular flexibility index (Phi) is 6.74. The fourth-order valence-electron chi connectivity index (χ4n) is 1.28. The van der Waals surface area contributed by atoms with Crippen molar-refractivity contribution in [3.05, 3.63) is 22.2 Å². The predicted molar refractivity (Wildman–Crippen MR) is 67.4 cm³/mol. The smallest absolute Gasteiger partial charge is 0.257 e. The quantitative estimate of drug-likeness (QED) is 0.921. The molecule has 0 fully saturated rings. The third-order valence-electron chi connectivity index (χ3n) is 2.13. The number of ether oxygens (including phenoxy) is 2. The van der Waals surface area contributed by atoms with Gasteiger partial charge in [0.25, 0.3) is 6.43 Å². The molecule has 1 rings (SSSR count). The van der Waals surface area contributed by atoms with E-state index in [0.717, 1.165) is 0 Å². The van der Waals surface area contributed by atoms with Gasteiger partial charge in [-0.1, -0.05) is 0 Å². The molecule has 98 valence electrons. The molecule has 3 nitrogen and oxygen atoms in total. The van der Waals surface area contributed by atoms with E-state index < -0.39 is 12.5 Å². The first-order valence-corrected chi connectivity index (χ1v) is 5.25. The second kappa shape index (κ2) is 6.98. The minimum Gasteiger partial charge on any atom is -0.496 e. The number of nitrogens with two attached hydrogens (primary N) is 1. The Morgan fingerprint density at radius 2 is 1.71 bits per heavy atom. The Balaban J connectivity index is 0.00000256. The first-order chi connectivity index (χ1) is 7.51.